The summed E-state index contributed by atoms with van der Waals surface area (Å²) in [4.78, 5) is 34.4. The van der Waals surface area contributed by atoms with Gasteiger partial charge in [0.05, 0.1) is 16.1 Å². The van der Waals surface area contributed by atoms with Crippen LogP contribution in [0.3, 0.4) is 0 Å². The van der Waals surface area contributed by atoms with Crippen LogP contribution in [0.15, 0.2) is 60.7 Å². The Morgan fingerprint density at radius 3 is 2.43 bits per heavy atom. The fourth-order valence-electron chi connectivity index (χ4n) is 4.16. The lowest BCUT2D eigenvalue weighted by atomic mass is 9.92. The molecule has 0 saturated carbocycles. The van der Waals surface area contributed by atoms with Gasteiger partial charge in [-0.3, -0.25) is 9.59 Å². The van der Waals surface area contributed by atoms with Gasteiger partial charge in [0, 0.05) is 36.7 Å². The smallest absolute Gasteiger partial charge is 0.406 e. The third-order valence-electron chi connectivity index (χ3n) is 5.97. The molecule has 0 bridgehead atoms. The molecule has 2 amide bonds. The molecule has 0 atom stereocenters. The molecule has 1 heterocycles. The van der Waals surface area contributed by atoms with E-state index in [4.69, 9.17) is 11.6 Å². The van der Waals surface area contributed by atoms with E-state index in [1.54, 1.807) is 49.5 Å². The number of hydrogen-bond donors (Lipinski definition) is 3. The van der Waals surface area contributed by atoms with Crippen molar-refractivity contribution in [2.45, 2.75) is 40.1 Å². The third-order valence-corrected chi connectivity index (χ3v) is 6.30. The number of hydrogen-bond acceptors (Lipinski definition) is 6. The molecule has 0 aliphatic rings. The molecule has 0 radical (unpaired) electrons. The lowest BCUT2D eigenvalue weighted by Crippen LogP contribution is -2.27. The molecule has 0 spiro atoms. The first-order chi connectivity index (χ1) is 19.7. The van der Waals surface area contributed by atoms with Crippen molar-refractivity contribution < 1.29 is 27.5 Å². The van der Waals surface area contributed by atoms with Crippen LogP contribution in [-0.2, 0) is 11.3 Å². The summed E-state index contributed by atoms with van der Waals surface area (Å²) in [6.45, 7) is 6.16. The van der Waals surface area contributed by atoms with Crippen LogP contribution >= 0.6 is 11.6 Å². The standard InChI is InChI=1S/C30H29ClF3N5O3/c1-29(2,3)15-25(40)36-16-17-8-11-23(31)22(12-17)28(41)37-19-9-10-21-24(14-19)38-26(39-27(21)35-4)18-6-5-7-20(13-18)42-30(32,33)34/h5-14H,15-16H2,1-4H3,(H,36,40)(H,37,41)(H,35,38,39). The Hall–Kier alpha value is -4.38. The maximum Gasteiger partial charge on any atom is 0.573 e. The monoisotopic (exact) mass is 599 g/mol. The zero-order valence-electron chi connectivity index (χ0n) is 23.3. The molecule has 42 heavy (non-hydrogen) atoms. The molecule has 0 aliphatic carbocycles. The van der Waals surface area contributed by atoms with Gasteiger partial charge in [-0.1, -0.05) is 50.6 Å². The van der Waals surface area contributed by atoms with Gasteiger partial charge in [-0.25, -0.2) is 9.97 Å². The first-order valence-corrected chi connectivity index (χ1v) is 13.3. The molecule has 12 heteroatoms. The number of carbonyl (C=O) groups excluding carboxylic acids is 2. The molecule has 0 unspecified atom stereocenters. The number of fused-ring (bicyclic) bond motifs is 1. The van der Waals surface area contributed by atoms with Gasteiger partial charge in [-0.2, -0.15) is 0 Å². The summed E-state index contributed by atoms with van der Waals surface area (Å²) < 4.78 is 42.2. The summed E-state index contributed by atoms with van der Waals surface area (Å²) in [5.74, 6) is -0.362. The van der Waals surface area contributed by atoms with E-state index in [1.165, 1.54) is 18.2 Å². The summed E-state index contributed by atoms with van der Waals surface area (Å²) >= 11 is 6.33. The van der Waals surface area contributed by atoms with Crippen LogP contribution in [0.5, 0.6) is 5.75 Å². The molecular formula is C30H29ClF3N5O3. The average molecular weight is 600 g/mol. The fraction of sp³-hybridized carbons (Fsp3) is 0.267. The maximum atomic E-state index is 13.2. The third kappa shape index (κ3) is 8.10. The number of alkyl halides is 3. The lowest BCUT2D eigenvalue weighted by molar-refractivity contribution is -0.274. The predicted octanol–water partition coefficient (Wildman–Crippen LogP) is 7.20. The van der Waals surface area contributed by atoms with Crippen LogP contribution in [0.25, 0.3) is 22.3 Å². The highest BCUT2D eigenvalue weighted by molar-refractivity contribution is 6.34. The number of aromatic nitrogens is 2. The molecular weight excluding hydrogens is 571 g/mol. The highest BCUT2D eigenvalue weighted by atomic mass is 35.5. The van der Waals surface area contributed by atoms with Gasteiger partial charge >= 0.3 is 6.36 Å². The van der Waals surface area contributed by atoms with Gasteiger partial charge in [-0.15, -0.1) is 13.2 Å². The summed E-state index contributed by atoms with van der Waals surface area (Å²) in [5.41, 5.74) is 1.93. The quantitative estimate of drug-likeness (QED) is 0.198. The number of rotatable bonds is 8. The molecule has 0 fully saturated rings. The molecule has 4 rings (SSSR count). The van der Waals surface area contributed by atoms with Crippen LogP contribution in [0.2, 0.25) is 5.02 Å². The van der Waals surface area contributed by atoms with E-state index < -0.39 is 18.0 Å². The zero-order valence-corrected chi connectivity index (χ0v) is 24.1. The van der Waals surface area contributed by atoms with E-state index in [1.807, 2.05) is 20.8 Å². The predicted molar refractivity (Wildman–Crippen MR) is 157 cm³/mol. The van der Waals surface area contributed by atoms with Gasteiger partial charge in [0.15, 0.2) is 5.82 Å². The van der Waals surface area contributed by atoms with Gasteiger partial charge in [-0.05, 0) is 53.4 Å². The van der Waals surface area contributed by atoms with E-state index in [0.717, 1.165) is 0 Å². The normalized spacial score (nSPS) is 11.7. The van der Waals surface area contributed by atoms with Crippen LogP contribution in [0.4, 0.5) is 24.7 Å². The highest BCUT2D eigenvalue weighted by Crippen LogP contribution is 2.31. The SMILES string of the molecule is CNc1nc(-c2cccc(OC(F)(F)F)c2)nc2cc(NC(=O)c3cc(CNC(=O)CC(C)(C)C)ccc3Cl)ccc12. The topological polar surface area (TPSA) is 105 Å². The Morgan fingerprint density at radius 2 is 1.74 bits per heavy atom. The number of anilines is 2. The number of benzene rings is 3. The van der Waals surface area contributed by atoms with Crippen molar-refractivity contribution in [3.8, 4) is 17.1 Å². The van der Waals surface area contributed by atoms with Crippen LogP contribution in [0.1, 0.15) is 43.1 Å². The van der Waals surface area contributed by atoms with Gasteiger partial charge in [0.25, 0.3) is 5.91 Å². The Bertz CT molecular complexity index is 1640. The largest absolute Gasteiger partial charge is 0.573 e. The van der Waals surface area contributed by atoms with Crippen molar-refractivity contribution in [2.24, 2.45) is 5.41 Å². The second kappa shape index (κ2) is 12.2. The molecule has 3 N–H and O–H groups in total. The average Bonchev–Trinajstić information content (AvgIpc) is 2.90. The van der Waals surface area contributed by atoms with Crippen molar-refractivity contribution >= 4 is 45.8 Å². The Morgan fingerprint density at radius 1 is 0.976 bits per heavy atom. The van der Waals surface area contributed by atoms with E-state index in [9.17, 15) is 22.8 Å². The molecule has 4 aromatic rings. The van der Waals surface area contributed by atoms with Gasteiger partial charge in [0.2, 0.25) is 5.91 Å². The fourth-order valence-corrected chi connectivity index (χ4v) is 4.36. The summed E-state index contributed by atoms with van der Waals surface area (Å²) in [5, 5.41) is 9.50. The van der Waals surface area contributed by atoms with Gasteiger partial charge in [0.1, 0.15) is 11.6 Å². The number of nitrogens with zero attached hydrogens (tertiary/aromatic N) is 2. The lowest BCUT2D eigenvalue weighted by Gasteiger charge is -2.17. The Kier molecular flexibility index (Phi) is 8.91. The summed E-state index contributed by atoms with van der Waals surface area (Å²) in [6.07, 6.45) is -4.47. The summed E-state index contributed by atoms with van der Waals surface area (Å²) in [6, 6.07) is 15.3. The minimum Gasteiger partial charge on any atom is -0.406 e. The summed E-state index contributed by atoms with van der Waals surface area (Å²) in [7, 11) is 1.66. The number of amides is 2. The minimum absolute atomic E-state index is 0.0958. The Balaban J connectivity index is 1.58. The highest BCUT2D eigenvalue weighted by Gasteiger charge is 2.31. The van der Waals surface area contributed by atoms with Crippen molar-refractivity contribution in [2.75, 3.05) is 17.7 Å². The van der Waals surface area contributed by atoms with Crippen molar-refractivity contribution in [1.82, 2.24) is 15.3 Å². The number of ether oxygens (including phenoxy) is 1. The van der Waals surface area contributed by atoms with Crippen molar-refractivity contribution in [3.63, 3.8) is 0 Å². The van der Waals surface area contributed by atoms with E-state index in [0.29, 0.717) is 40.0 Å². The van der Waals surface area contributed by atoms with E-state index in [2.05, 4.69) is 30.7 Å². The van der Waals surface area contributed by atoms with Gasteiger partial charge < -0.3 is 20.7 Å². The van der Waals surface area contributed by atoms with E-state index in [-0.39, 0.29) is 34.3 Å². The molecule has 220 valence electrons. The second-order valence-corrected chi connectivity index (χ2v) is 11.1. The number of carbonyl (C=O) groups is 2. The molecule has 3 aromatic carbocycles. The second-order valence-electron chi connectivity index (χ2n) is 10.7. The van der Waals surface area contributed by atoms with Crippen LogP contribution < -0.4 is 20.7 Å². The molecule has 0 saturated heterocycles. The minimum atomic E-state index is -4.84. The molecule has 1 aromatic heterocycles. The number of halogens is 4. The van der Waals surface area contributed by atoms with E-state index >= 15 is 0 Å². The van der Waals surface area contributed by atoms with Crippen molar-refractivity contribution in [1.29, 1.82) is 0 Å². The first-order valence-electron chi connectivity index (χ1n) is 12.9. The molecule has 0 aliphatic heterocycles. The maximum absolute atomic E-state index is 13.2. The van der Waals surface area contributed by atoms with Crippen LogP contribution in [0, 0.1) is 5.41 Å². The number of nitrogens with one attached hydrogen (secondary N) is 3. The van der Waals surface area contributed by atoms with Crippen molar-refractivity contribution in [3.05, 3.63) is 76.8 Å². The Labute approximate surface area is 245 Å². The first kappa shape index (κ1) is 30.6. The zero-order chi connectivity index (χ0) is 30.7. The molecule has 8 nitrogen and oxygen atoms in total. The van der Waals surface area contributed by atoms with Crippen LogP contribution in [-0.4, -0.2) is 35.2 Å².